The van der Waals surface area contributed by atoms with E-state index in [1.54, 1.807) is 11.3 Å². The normalized spacial score (nSPS) is 10.8. The summed E-state index contributed by atoms with van der Waals surface area (Å²) < 4.78 is 0. The zero-order chi connectivity index (χ0) is 6.53. The van der Waals surface area contributed by atoms with Crippen LogP contribution in [0.15, 0.2) is 29.0 Å². The maximum Gasteiger partial charge on any atom is -0.00581 e. The number of hydrogen-bond acceptors (Lipinski definition) is 1. The molecular formula is C8H10S. The predicted octanol–water partition coefficient (Wildman–Crippen LogP) is 2.87. The molecule has 0 nitrogen and oxygen atoms in total. The fraction of sp³-hybridized carbons (Fsp3) is 0.250. The largest absolute Gasteiger partial charge is 0.152 e. The Kier molecular flexibility index (Phi) is 2.52. The molecule has 0 aromatic carbocycles. The second-order valence-corrected chi connectivity index (χ2v) is 2.68. The molecule has 0 aliphatic rings. The van der Waals surface area contributed by atoms with Gasteiger partial charge in [0.2, 0.25) is 0 Å². The highest BCUT2D eigenvalue weighted by molar-refractivity contribution is 7.07. The quantitative estimate of drug-likeness (QED) is 0.551. The van der Waals surface area contributed by atoms with Crippen molar-refractivity contribution < 1.29 is 0 Å². The molecule has 0 bridgehead atoms. The molecule has 0 aliphatic carbocycles. The summed E-state index contributed by atoms with van der Waals surface area (Å²) in [6, 6.07) is 2.16. The van der Waals surface area contributed by atoms with Crippen molar-refractivity contribution in [2.24, 2.45) is 0 Å². The average Bonchev–Trinajstić information content (AvgIpc) is 2.34. The molecule has 0 spiro atoms. The van der Waals surface area contributed by atoms with Crippen LogP contribution in [0.3, 0.4) is 0 Å². The lowest BCUT2D eigenvalue weighted by atomic mass is 10.2. The van der Waals surface area contributed by atoms with Gasteiger partial charge in [0, 0.05) is 0 Å². The molecule has 0 saturated heterocycles. The summed E-state index contributed by atoms with van der Waals surface area (Å²) in [5.41, 5.74) is 1.41. The minimum atomic E-state index is 1.08. The molecule has 0 aliphatic heterocycles. The van der Waals surface area contributed by atoms with Gasteiger partial charge in [-0.1, -0.05) is 12.2 Å². The molecule has 1 aromatic rings. The van der Waals surface area contributed by atoms with Gasteiger partial charge in [-0.25, -0.2) is 0 Å². The standard InChI is InChI=1S/C8H10S/c1-2-3-4-8-5-6-9-7-8/h2-3,5-7H,4H2,1H3. The van der Waals surface area contributed by atoms with E-state index in [0.717, 1.165) is 6.42 Å². The predicted molar refractivity (Wildman–Crippen MR) is 42.8 cm³/mol. The number of hydrogen-bond donors (Lipinski definition) is 0. The van der Waals surface area contributed by atoms with Gasteiger partial charge in [0.1, 0.15) is 0 Å². The van der Waals surface area contributed by atoms with Crippen LogP contribution in [0.1, 0.15) is 12.5 Å². The average molecular weight is 138 g/mol. The first kappa shape index (κ1) is 6.56. The topological polar surface area (TPSA) is 0 Å². The van der Waals surface area contributed by atoms with Crippen molar-refractivity contribution in [3.63, 3.8) is 0 Å². The first-order valence-corrected chi connectivity index (χ1v) is 4.00. The van der Waals surface area contributed by atoms with Gasteiger partial charge in [0.15, 0.2) is 0 Å². The zero-order valence-electron chi connectivity index (χ0n) is 5.50. The second-order valence-electron chi connectivity index (χ2n) is 1.90. The van der Waals surface area contributed by atoms with Crippen molar-refractivity contribution in [1.29, 1.82) is 0 Å². The summed E-state index contributed by atoms with van der Waals surface area (Å²) in [4.78, 5) is 0. The van der Waals surface area contributed by atoms with E-state index in [1.165, 1.54) is 5.56 Å². The highest BCUT2D eigenvalue weighted by Crippen LogP contribution is 2.06. The molecule has 0 atom stereocenters. The van der Waals surface area contributed by atoms with E-state index in [0.29, 0.717) is 0 Å². The van der Waals surface area contributed by atoms with Crippen LogP contribution in [0.5, 0.6) is 0 Å². The maximum absolute atomic E-state index is 2.18. The van der Waals surface area contributed by atoms with Crippen molar-refractivity contribution >= 4 is 11.3 Å². The van der Waals surface area contributed by atoms with Crippen LogP contribution in [0, 0.1) is 0 Å². The van der Waals surface area contributed by atoms with Crippen LogP contribution >= 0.6 is 11.3 Å². The SMILES string of the molecule is CC=CCc1ccsc1. The molecule has 0 fully saturated rings. The van der Waals surface area contributed by atoms with Crippen molar-refractivity contribution in [3.8, 4) is 0 Å². The fourth-order valence-electron chi connectivity index (χ4n) is 0.663. The molecular weight excluding hydrogens is 128 g/mol. The molecule has 1 heteroatoms. The van der Waals surface area contributed by atoms with Crippen LogP contribution in [0.2, 0.25) is 0 Å². The molecule has 0 radical (unpaired) electrons. The van der Waals surface area contributed by atoms with Gasteiger partial charge in [0.25, 0.3) is 0 Å². The van der Waals surface area contributed by atoms with E-state index < -0.39 is 0 Å². The van der Waals surface area contributed by atoms with Gasteiger partial charge in [-0.3, -0.25) is 0 Å². The van der Waals surface area contributed by atoms with Crippen LogP contribution < -0.4 is 0 Å². The molecule has 0 N–H and O–H groups in total. The Morgan fingerprint density at radius 3 is 3.11 bits per heavy atom. The molecule has 1 aromatic heterocycles. The third-order valence-corrected chi connectivity index (χ3v) is 1.90. The Hall–Kier alpha value is -0.560. The maximum atomic E-state index is 2.18. The first-order valence-electron chi connectivity index (χ1n) is 3.05. The van der Waals surface area contributed by atoms with E-state index in [-0.39, 0.29) is 0 Å². The van der Waals surface area contributed by atoms with Gasteiger partial charge in [-0.2, -0.15) is 11.3 Å². The summed E-state index contributed by atoms with van der Waals surface area (Å²) in [6.07, 6.45) is 5.33. The summed E-state index contributed by atoms with van der Waals surface area (Å²) in [5, 5.41) is 4.29. The lowest BCUT2D eigenvalue weighted by Gasteiger charge is -1.83. The lowest BCUT2D eigenvalue weighted by Crippen LogP contribution is -1.70. The lowest BCUT2D eigenvalue weighted by molar-refractivity contribution is 1.29. The van der Waals surface area contributed by atoms with E-state index >= 15 is 0 Å². The minimum absolute atomic E-state index is 1.08. The second kappa shape index (κ2) is 3.46. The Morgan fingerprint density at radius 1 is 1.67 bits per heavy atom. The van der Waals surface area contributed by atoms with E-state index in [2.05, 4.69) is 29.0 Å². The van der Waals surface area contributed by atoms with Gasteiger partial charge in [-0.15, -0.1) is 0 Å². The van der Waals surface area contributed by atoms with Crippen LogP contribution in [0.25, 0.3) is 0 Å². The van der Waals surface area contributed by atoms with E-state index in [1.807, 2.05) is 6.92 Å². The summed E-state index contributed by atoms with van der Waals surface area (Å²) >= 11 is 1.76. The Balaban J connectivity index is 2.48. The van der Waals surface area contributed by atoms with Crippen molar-refractivity contribution in [3.05, 3.63) is 34.5 Å². The number of rotatable bonds is 2. The van der Waals surface area contributed by atoms with Crippen molar-refractivity contribution in [1.82, 2.24) is 0 Å². The Morgan fingerprint density at radius 2 is 2.56 bits per heavy atom. The van der Waals surface area contributed by atoms with Crippen molar-refractivity contribution in [2.45, 2.75) is 13.3 Å². The van der Waals surface area contributed by atoms with Crippen LogP contribution in [0.4, 0.5) is 0 Å². The van der Waals surface area contributed by atoms with Gasteiger partial charge in [0.05, 0.1) is 0 Å². The van der Waals surface area contributed by atoms with Gasteiger partial charge < -0.3 is 0 Å². The fourth-order valence-corrected chi connectivity index (χ4v) is 1.34. The third-order valence-electron chi connectivity index (χ3n) is 1.17. The first-order chi connectivity index (χ1) is 4.43. The zero-order valence-corrected chi connectivity index (χ0v) is 6.32. The van der Waals surface area contributed by atoms with E-state index in [4.69, 9.17) is 0 Å². The molecule has 9 heavy (non-hydrogen) atoms. The van der Waals surface area contributed by atoms with Gasteiger partial charge >= 0.3 is 0 Å². The van der Waals surface area contributed by atoms with Crippen LogP contribution in [-0.2, 0) is 6.42 Å². The monoisotopic (exact) mass is 138 g/mol. The molecule has 1 rings (SSSR count). The van der Waals surface area contributed by atoms with Crippen molar-refractivity contribution in [2.75, 3.05) is 0 Å². The molecule has 0 amide bonds. The molecule has 0 unspecified atom stereocenters. The highest BCUT2D eigenvalue weighted by atomic mass is 32.1. The molecule has 0 saturated carbocycles. The Bertz CT molecular complexity index is 172. The minimum Gasteiger partial charge on any atom is -0.152 e. The highest BCUT2D eigenvalue weighted by Gasteiger charge is 1.85. The summed E-state index contributed by atoms with van der Waals surface area (Å²) in [5.74, 6) is 0. The number of thiophene rings is 1. The van der Waals surface area contributed by atoms with Gasteiger partial charge in [-0.05, 0) is 35.7 Å². The van der Waals surface area contributed by atoms with Crippen LogP contribution in [-0.4, -0.2) is 0 Å². The smallest absolute Gasteiger partial charge is 0.00581 e. The number of allylic oxidation sites excluding steroid dienone is 2. The summed E-state index contributed by atoms with van der Waals surface area (Å²) in [6.45, 7) is 2.05. The van der Waals surface area contributed by atoms with E-state index in [9.17, 15) is 0 Å². The third kappa shape index (κ3) is 2.02. The molecule has 48 valence electrons. The molecule has 1 heterocycles. The Labute approximate surface area is 59.8 Å². The summed E-state index contributed by atoms with van der Waals surface area (Å²) in [7, 11) is 0.